The molecule has 0 radical (unpaired) electrons. The molecule has 3 heterocycles. The summed E-state index contributed by atoms with van der Waals surface area (Å²) in [5.41, 5.74) is 1.92. The quantitative estimate of drug-likeness (QED) is 0.669. The van der Waals surface area contributed by atoms with E-state index < -0.39 is 0 Å². The van der Waals surface area contributed by atoms with Crippen LogP contribution in [0.4, 0.5) is 5.82 Å². The van der Waals surface area contributed by atoms with Crippen molar-refractivity contribution in [3.05, 3.63) is 18.6 Å². The molecule has 0 saturated carbocycles. The number of hydrogen-bond donors (Lipinski definition) is 2. The SMILES string of the molecule is CC1=[N+](C(=O)CCCl)C[C@H](Nc2ncnc3[nH]ccc23)CC1. The Labute approximate surface area is 133 Å². The van der Waals surface area contributed by atoms with Gasteiger partial charge in [0.15, 0.2) is 12.3 Å². The van der Waals surface area contributed by atoms with Crippen LogP contribution in [-0.4, -0.2) is 49.6 Å². The van der Waals surface area contributed by atoms with Crippen LogP contribution in [0.1, 0.15) is 26.2 Å². The Balaban J connectivity index is 1.77. The first-order valence-electron chi connectivity index (χ1n) is 7.42. The monoisotopic (exact) mass is 320 g/mol. The summed E-state index contributed by atoms with van der Waals surface area (Å²) in [5, 5.41) is 4.41. The van der Waals surface area contributed by atoms with E-state index in [0.29, 0.717) is 18.8 Å². The molecule has 1 amide bonds. The van der Waals surface area contributed by atoms with Gasteiger partial charge in [-0.25, -0.2) is 14.8 Å². The van der Waals surface area contributed by atoms with E-state index in [1.165, 1.54) is 6.33 Å². The lowest BCUT2D eigenvalue weighted by Gasteiger charge is -2.22. The molecular weight excluding hydrogens is 302 g/mol. The number of aromatic amines is 1. The molecular formula is C15H19ClN5O+. The van der Waals surface area contributed by atoms with E-state index in [-0.39, 0.29) is 11.9 Å². The second-order valence-corrected chi connectivity index (χ2v) is 5.90. The number of aromatic nitrogens is 3. The zero-order valence-electron chi connectivity index (χ0n) is 12.5. The van der Waals surface area contributed by atoms with Gasteiger partial charge in [0.2, 0.25) is 0 Å². The molecule has 1 atom stereocenters. The molecule has 0 bridgehead atoms. The van der Waals surface area contributed by atoms with Crippen molar-refractivity contribution in [1.82, 2.24) is 15.0 Å². The number of halogens is 1. The first-order chi connectivity index (χ1) is 10.7. The van der Waals surface area contributed by atoms with E-state index in [4.69, 9.17) is 11.6 Å². The summed E-state index contributed by atoms with van der Waals surface area (Å²) in [6, 6.07) is 2.13. The number of H-pyrrole nitrogens is 1. The van der Waals surface area contributed by atoms with Gasteiger partial charge in [0.05, 0.1) is 17.8 Å². The summed E-state index contributed by atoms with van der Waals surface area (Å²) in [5.74, 6) is 1.25. The van der Waals surface area contributed by atoms with Crippen LogP contribution < -0.4 is 5.32 Å². The van der Waals surface area contributed by atoms with Gasteiger partial charge >= 0.3 is 5.91 Å². The van der Waals surface area contributed by atoms with Gasteiger partial charge in [0.25, 0.3) is 0 Å². The van der Waals surface area contributed by atoms with Crippen LogP contribution >= 0.6 is 11.6 Å². The van der Waals surface area contributed by atoms with E-state index >= 15 is 0 Å². The Morgan fingerprint density at radius 1 is 1.55 bits per heavy atom. The second-order valence-electron chi connectivity index (χ2n) is 5.52. The number of hydrogen-bond acceptors (Lipinski definition) is 4. The fourth-order valence-electron chi connectivity index (χ4n) is 2.81. The molecule has 1 aliphatic rings. The predicted molar refractivity (Wildman–Crippen MR) is 86.7 cm³/mol. The van der Waals surface area contributed by atoms with Gasteiger partial charge in [-0.15, -0.1) is 11.6 Å². The highest BCUT2D eigenvalue weighted by atomic mass is 35.5. The molecule has 3 rings (SSSR count). The van der Waals surface area contributed by atoms with E-state index in [0.717, 1.165) is 35.4 Å². The van der Waals surface area contributed by atoms with Crippen molar-refractivity contribution in [3.8, 4) is 0 Å². The summed E-state index contributed by atoms with van der Waals surface area (Å²) in [4.78, 5) is 23.7. The fourth-order valence-corrected chi connectivity index (χ4v) is 2.98. The van der Waals surface area contributed by atoms with E-state index in [1.807, 2.05) is 23.8 Å². The molecule has 2 aromatic rings. The first kappa shape index (κ1) is 15.0. The Kier molecular flexibility index (Phi) is 4.38. The van der Waals surface area contributed by atoms with Crippen molar-refractivity contribution in [3.63, 3.8) is 0 Å². The lowest BCUT2D eigenvalue weighted by molar-refractivity contribution is -0.456. The van der Waals surface area contributed by atoms with E-state index in [9.17, 15) is 4.79 Å². The maximum absolute atomic E-state index is 12.1. The van der Waals surface area contributed by atoms with Crippen LogP contribution in [-0.2, 0) is 4.79 Å². The average Bonchev–Trinajstić information content (AvgIpc) is 2.99. The van der Waals surface area contributed by atoms with E-state index in [2.05, 4.69) is 20.3 Å². The Morgan fingerprint density at radius 2 is 2.41 bits per heavy atom. The maximum Gasteiger partial charge on any atom is 0.388 e. The number of nitrogens with zero attached hydrogens (tertiary/aromatic N) is 3. The highest BCUT2D eigenvalue weighted by Crippen LogP contribution is 2.20. The summed E-state index contributed by atoms with van der Waals surface area (Å²) in [6.45, 7) is 2.66. The molecule has 0 unspecified atom stereocenters. The third-order valence-corrected chi connectivity index (χ3v) is 4.21. The minimum atomic E-state index is 0.0912. The standard InChI is InChI=1S/C15H19ClN5O/c1-10-2-3-11(8-21(10)13(22)4-6-16)20-15-12-5-7-17-14(12)18-9-19-15/h5,7,9,11H,2-4,6,8H2,1H3,(H2,17,18,19,20)/q+1/t11-/m1/s1. The molecule has 0 spiro atoms. The third kappa shape index (κ3) is 2.97. The fraction of sp³-hybridized carbons (Fsp3) is 0.467. The number of fused-ring (bicyclic) bond motifs is 1. The van der Waals surface area contributed by atoms with Crippen molar-refractivity contribution < 1.29 is 9.37 Å². The lowest BCUT2D eigenvalue weighted by Crippen LogP contribution is -2.41. The van der Waals surface area contributed by atoms with Crippen molar-refractivity contribution in [2.45, 2.75) is 32.2 Å². The normalized spacial score (nSPS) is 18.7. The van der Waals surface area contributed by atoms with Crippen molar-refractivity contribution >= 4 is 40.1 Å². The second kappa shape index (κ2) is 6.44. The van der Waals surface area contributed by atoms with Crippen LogP contribution in [0.5, 0.6) is 0 Å². The van der Waals surface area contributed by atoms with Gasteiger partial charge in [0, 0.05) is 25.4 Å². The molecule has 0 saturated heterocycles. The van der Waals surface area contributed by atoms with Crippen LogP contribution in [0.2, 0.25) is 0 Å². The Hall–Kier alpha value is -1.95. The van der Waals surface area contributed by atoms with Crippen LogP contribution in [0, 0.1) is 0 Å². The summed E-state index contributed by atoms with van der Waals surface area (Å²) < 4.78 is 1.85. The predicted octanol–water partition coefficient (Wildman–Crippen LogP) is 2.16. The minimum Gasteiger partial charge on any atom is -0.360 e. The number of alkyl halides is 1. The number of amides is 1. The number of carbonyl (C=O) groups excluding carboxylic acids is 1. The first-order valence-corrected chi connectivity index (χ1v) is 7.96. The number of anilines is 1. The number of carbonyl (C=O) groups is 1. The van der Waals surface area contributed by atoms with Gasteiger partial charge in [0.1, 0.15) is 17.8 Å². The van der Waals surface area contributed by atoms with Crippen molar-refractivity contribution in [2.24, 2.45) is 0 Å². The summed E-state index contributed by atoms with van der Waals surface area (Å²) in [7, 11) is 0. The third-order valence-electron chi connectivity index (χ3n) is 4.02. The number of nitrogens with one attached hydrogen (secondary N) is 2. The smallest absolute Gasteiger partial charge is 0.360 e. The molecule has 2 aromatic heterocycles. The van der Waals surface area contributed by atoms with Crippen molar-refractivity contribution in [2.75, 3.05) is 17.7 Å². The van der Waals surface area contributed by atoms with E-state index in [1.54, 1.807) is 0 Å². The zero-order valence-corrected chi connectivity index (χ0v) is 13.2. The van der Waals surface area contributed by atoms with Gasteiger partial charge in [-0.1, -0.05) is 0 Å². The average molecular weight is 321 g/mol. The van der Waals surface area contributed by atoms with Crippen LogP contribution in [0.3, 0.4) is 0 Å². The highest BCUT2D eigenvalue weighted by molar-refractivity contribution is 6.18. The molecule has 0 aromatic carbocycles. The summed E-state index contributed by atoms with van der Waals surface area (Å²) in [6.07, 6.45) is 5.64. The Morgan fingerprint density at radius 3 is 3.23 bits per heavy atom. The van der Waals surface area contributed by atoms with Crippen LogP contribution in [0.25, 0.3) is 11.0 Å². The topological polar surface area (TPSA) is 73.7 Å². The van der Waals surface area contributed by atoms with Gasteiger partial charge < -0.3 is 10.3 Å². The number of rotatable bonds is 4. The molecule has 7 heteroatoms. The zero-order chi connectivity index (χ0) is 15.5. The summed E-state index contributed by atoms with van der Waals surface area (Å²) >= 11 is 5.69. The highest BCUT2D eigenvalue weighted by Gasteiger charge is 2.30. The molecule has 6 nitrogen and oxygen atoms in total. The molecule has 0 aliphatic carbocycles. The van der Waals surface area contributed by atoms with Crippen LogP contribution in [0.15, 0.2) is 18.6 Å². The van der Waals surface area contributed by atoms with Gasteiger partial charge in [-0.3, -0.25) is 0 Å². The van der Waals surface area contributed by atoms with Crippen molar-refractivity contribution in [1.29, 1.82) is 0 Å². The molecule has 2 N–H and O–H groups in total. The minimum absolute atomic E-state index is 0.0912. The lowest BCUT2D eigenvalue weighted by atomic mass is 10.0. The largest absolute Gasteiger partial charge is 0.388 e. The van der Waals surface area contributed by atoms with Gasteiger partial charge in [-0.05, 0) is 12.5 Å². The molecule has 116 valence electrons. The molecule has 22 heavy (non-hydrogen) atoms. The molecule has 1 aliphatic heterocycles. The van der Waals surface area contributed by atoms with Gasteiger partial charge in [-0.2, -0.15) is 4.58 Å². The maximum atomic E-state index is 12.1. The molecule has 0 fully saturated rings. The Bertz CT molecular complexity index is 724.